The van der Waals surface area contributed by atoms with E-state index in [0.717, 1.165) is 29.9 Å². The summed E-state index contributed by atoms with van der Waals surface area (Å²) >= 11 is 0. The lowest BCUT2D eigenvalue weighted by Crippen LogP contribution is -2.43. The minimum Gasteiger partial charge on any atom is -0.392 e. The fourth-order valence-corrected chi connectivity index (χ4v) is 4.57. The highest BCUT2D eigenvalue weighted by atomic mass is 16.6. The Morgan fingerprint density at radius 3 is 2.04 bits per heavy atom. The van der Waals surface area contributed by atoms with Gasteiger partial charge in [-0.3, -0.25) is 0 Å². The molecule has 142 valence electrons. The molecule has 0 aromatic heterocycles. The summed E-state index contributed by atoms with van der Waals surface area (Å²) in [5.74, 6) is 1.38. The van der Waals surface area contributed by atoms with Gasteiger partial charge in [0.25, 0.3) is 0 Å². The average Bonchev–Trinajstić information content (AvgIpc) is 2.95. The average molecular weight is 364 g/mol. The number of benzene rings is 2. The van der Waals surface area contributed by atoms with E-state index in [1.165, 1.54) is 17.5 Å². The highest BCUT2D eigenvalue weighted by Crippen LogP contribution is 2.36. The lowest BCUT2D eigenvalue weighted by Gasteiger charge is -2.35. The molecule has 1 saturated heterocycles. The predicted octanol–water partition coefficient (Wildman–Crippen LogP) is 3.77. The quantitative estimate of drug-likeness (QED) is 0.701. The molecular formula is C23H28N2O2. The molecule has 0 radical (unpaired) electrons. The van der Waals surface area contributed by atoms with Gasteiger partial charge < -0.3 is 14.8 Å². The summed E-state index contributed by atoms with van der Waals surface area (Å²) in [6.07, 6.45) is 0.744. The summed E-state index contributed by atoms with van der Waals surface area (Å²) in [7, 11) is 0. The molecule has 3 atom stereocenters. The number of hydrogen-bond donors (Lipinski definition) is 1. The third-order valence-electron chi connectivity index (χ3n) is 5.49. The Labute approximate surface area is 161 Å². The fraction of sp³-hybridized carbons (Fsp3) is 0.435. The van der Waals surface area contributed by atoms with Crippen LogP contribution < -0.4 is 0 Å². The van der Waals surface area contributed by atoms with Crippen molar-refractivity contribution in [1.29, 1.82) is 0 Å². The number of rotatable bonds is 5. The molecule has 1 heterocycles. The minimum atomic E-state index is -0.529. The zero-order chi connectivity index (χ0) is 18.8. The Morgan fingerprint density at radius 2 is 1.48 bits per heavy atom. The number of oxime groups is 1. The van der Waals surface area contributed by atoms with Crippen molar-refractivity contribution >= 4 is 5.71 Å². The summed E-state index contributed by atoms with van der Waals surface area (Å²) in [5.41, 5.74) is 5.41. The van der Waals surface area contributed by atoms with E-state index in [0.29, 0.717) is 18.4 Å². The van der Waals surface area contributed by atoms with Crippen molar-refractivity contribution in [2.75, 3.05) is 26.2 Å². The molecule has 0 unspecified atom stereocenters. The van der Waals surface area contributed by atoms with Gasteiger partial charge in [0.2, 0.25) is 0 Å². The highest BCUT2D eigenvalue weighted by molar-refractivity contribution is 6.24. The van der Waals surface area contributed by atoms with E-state index in [1.54, 1.807) is 0 Å². The van der Waals surface area contributed by atoms with E-state index in [2.05, 4.69) is 48.2 Å². The van der Waals surface area contributed by atoms with E-state index in [9.17, 15) is 5.11 Å². The lowest BCUT2D eigenvalue weighted by molar-refractivity contribution is 0.00660. The molecule has 0 spiro atoms. The summed E-state index contributed by atoms with van der Waals surface area (Å²) in [6, 6.07) is 16.5. The third-order valence-corrected chi connectivity index (χ3v) is 5.49. The number of β-amino-alcohol motifs (C(OH)–C–C–N with tert-alkyl or cyclic N) is 1. The smallest absolute Gasteiger partial charge is 0.144 e. The molecule has 1 fully saturated rings. The maximum absolute atomic E-state index is 10.4. The molecule has 2 aromatic rings. The van der Waals surface area contributed by atoms with E-state index >= 15 is 0 Å². The van der Waals surface area contributed by atoms with Gasteiger partial charge in [-0.05, 0) is 29.4 Å². The summed E-state index contributed by atoms with van der Waals surface area (Å²) in [5, 5.41) is 14.8. The first-order valence-corrected chi connectivity index (χ1v) is 9.91. The Morgan fingerprint density at radius 1 is 0.963 bits per heavy atom. The Kier molecular flexibility index (Phi) is 5.28. The number of aliphatic hydroxyl groups excluding tert-OH is 1. The van der Waals surface area contributed by atoms with Gasteiger partial charge in [0.05, 0.1) is 0 Å². The minimum absolute atomic E-state index is 0.215. The number of likely N-dealkylation sites (tertiary alicyclic amines) is 1. The van der Waals surface area contributed by atoms with Crippen LogP contribution in [0.1, 0.15) is 31.4 Å². The van der Waals surface area contributed by atoms with Crippen LogP contribution in [0.3, 0.4) is 0 Å². The number of fused-ring (bicyclic) bond motifs is 3. The number of piperidine rings is 1. The number of hydrogen-bond acceptors (Lipinski definition) is 4. The Hall–Kier alpha value is -2.17. The van der Waals surface area contributed by atoms with Crippen LogP contribution in [0.2, 0.25) is 0 Å². The molecular weight excluding hydrogens is 336 g/mol. The van der Waals surface area contributed by atoms with Gasteiger partial charge in [-0.1, -0.05) is 67.5 Å². The normalized spacial score (nSPS) is 22.9. The highest BCUT2D eigenvalue weighted by Gasteiger charge is 2.25. The molecule has 1 N–H and O–H groups in total. The molecule has 2 aromatic carbocycles. The van der Waals surface area contributed by atoms with Crippen LogP contribution >= 0.6 is 0 Å². The van der Waals surface area contributed by atoms with Crippen molar-refractivity contribution in [2.24, 2.45) is 17.0 Å². The van der Waals surface area contributed by atoms with Crippen LogP contribution in [0.5, 0.6) is 0 Å². The topological polar surface area (TPSA) is 45.1 Å². The van der Waals surface area contributed by atoms with E-state index in [-0.39, 0.29) is 6.61 Å². The first-order chi connectivity index (χ1) is 13.1. The molecule has 0 bridgehead atoms. The van der Waals surface area contributed by atoms with E-state index in [4.69, 9.17) is 4.84 Å². The standard InChI is InChI=1S/C23H28N2O2/c1-16-11-17(2)13-25(12-16)14-18(26)15-27-24-23-21-9-5-3-7-19(21)20-8-4-6-10-22(20)23/h3-10,16-18,26H,11-15H2,1-2H3/t16-,17+,18-/m1/s1. The first kappa shape index (κ1) is 18.2. The monoisotopic (exact) mass is 364 g/mol. The van der Waals surface area contributed by atoms with Gasteiger partial charge in [-0.25, -0.2) is 0 Å². The van der Waals surface area contributed by atoms with Gasteiger partial charge in [0.15, 0.2) is 0 Å². The van der Waals surface area contributed by atoms with Crippen molar-refractivity contribution < 1.29 is 9.94 Å². The second kappa shape index (κ2) is 7.83. The second-order valence-electron chi connectivity index (χ2n) is 8.15. The molecule has 4 rings (SSSR count). The number of nitrogens with zero attached hydrogens (tertiary/aromatic N) is 2. The molecule has 27 heavy (non-hydrogen) atoms. The van der Waals surface area contributed by atoms with E-state index in [1.807, 2.05) is 24.3 Å². The largest absolute Gasteiger partial charge is 0.392 e. The SMILES string of the molecule is C[C@@H]1C[C@H](C)CN(C[C@@H](O)CON=C2c3ccccc3-c3ccccc32)C1. The first-order valence-electron chi connectivity index (χ1n) is 9.91. The molecule has 0 amide bonds. The molecule has 4 heteroatoms. The van der Waals surface area contributed by atoms with Gasteiger partial charge in [0, 0.05) is 30.8 Å². The van der Waals surface area contributed by atoms with E-state index < -0.39 is 6.10 Å². The summed E-state index contributed by atoms with van der Waals surface area (Å²) in [6.45, 7) is 7.53. The van der Waals surface area contributed by atoms with Gasteiger partial charge in [-0.2, -0.15) is 0 Å². The lowest BCUT2D eigenvalue weighted by atomic mass is 9.92. The molecule has 4 nitrogen and oxygen atoms in total. The number of aliphatic hydroxyl groups is 1. The van der Waals surface area contributed by atoms with Crippen molar-refractivity contribution in [2.45, 2.75) is 26.4 Å². The van der Waals surface area contributed by atoms with Crippen LogP contribution in [0.15, 0.2) is 53.7 Å². The summed E-state index contributed by atoms with van der Waals surface area (Å²) < 4.78 is 0. The van der Waals surface area contributed by atoms with Gasteiger partial charge in [0.1, 0.15) is 18.4 Å². The Bertz CT molecular complexity index is 775. The van der Waals surface area contributed by atoms with Crippen LogP contribution in [0.4, 0.5) is 0 Å². The Balaban J connectivity index is 1.41. The van der Waals surface area contributed by atoms with Crippen molar-refractivity contribution in [3.8, 4) is 11.1 Å². The summed E-state index contributed by atoms with van der Waals surface area (Å²) in [4.78, 5) is 7.95. The van der Waals surface area contributed by atoms with Gasteiger partial charge >= 0.3 is 0 Å². The molecule has 2 aliphatic rings. The molecule has 1 aliphatic heterocycles. The van der Waals surface area contributed by atoms with Crippen molar-refractivity contribution in [3.63, 3.8) is 0 Å². The van der Waals surface area contributed by atoms with Crippen LogP contribution in [-0.4, -0.2) is 48.1 Å². The van der Waals surface area contributed by atoms with Crippen LogP contribution in [0, 0.1) is 11.8 Å². The van der Waals surface area contributed by atoms with Crippen molar-refractivity contribution in [3.05, 3.63) is 59.7 Å². The van der Waals surface area contributed by atoms with Gasteiger partial charge in [-0.15, -0.1) is 0 Å². The van der Waals surface area contributed by atoms with Crippen molar-refractivity contribution in [1.82, 2.24) is 4.90 Å². The van der Waals surface area contributed by atoms with Crippen LogP contribution in [-0.2, 0) is 4.84 Å². The fourth-order valence-electron chi connectivity index (χ4n) is 4.57. The zero-order valence-electron chi connectivity index (χ0n) is 16.1. The predicted molar refractivity (Wildman–Crippen MR) is 109 cm³/mol. The van der Waals surface area contributed by atoms with Crippen LogP contribution in [0.25, 0.3) is 11.1 Å². The maximum atomic E-state index is 10.4. The molecule has 0 saturated carbocycles. The second-order valence-corrected chi connectivity index (χ2v) is 8.15. The molecule has 1 aliphatic carbocycles. The maximum Gasteiger partial charge on any atom is 0.144 e. The zero-order valence-corrected chi connectivity index (χ0v) is 16.1. The third kappa shape index (κ3) is 3.92.